The van der Waals surface area contributed by atoms with Crippen LogP contribution >= 0.6 is 0 Å². The Morgan fingerprint density at radius 1 is 1.11 bits per heavy atom. The molecule has 5 heteroatoms. The van der Waals surface area contributed by atoms with Gasteiger partial charge in [-0.15, -0.1) is 0 Å². The Labute approximate surface area is 108 Å². The molecular formula is C14H11F2N3. The molecule has 1 atom stereocenters. The molecule has 19 heavy (non-hydrogen) atoms. The number of nitrogens with zero attached hydrogens (tertiary/aromatic N) is 1. The summed E-state index contributed by atoms with van der Waals surface area (Å²) in [5.74, 6) is -2.16. The van der Waals surface area contributed by atoms with Crippen LogP contribution in [-0.2, 0) is 0 Å². The second kappa shape index (κ2) is 4.68. The van der Waals surface area contributed by atoms with E-state index in [1.807, 2.05) is 12.1 Å². The summed E-state index contributed by atoms with van der Waals surface area (Å²) in [6, 6.07) is 7.81. The number of aromatic amines is 2. The minimum Gasteiger partial charge on any atom is -0.364 e. The fraction of sp³-hybridized carbons (Fsp3) is 0.0714. The van der Waals surface area contributed by atoms with E-state index >= 15 is 0 Å². The first-order valence-corrected chi connectivity index (χ1v) is 5.83. The zero-order chi connectivity index (χ0) is 13.2. The van der Waals surface area contributed by atoms with Crippen molar-refractivity contribution in [2.75, 3.05) is 0 Å². The molecule has 0 aliphatic rings. The molecule has 0 aliphatic heterocycles. The van der Waals surface area contributed by atoms with Crippen molar-refractivity contribution in [1.29, 1.82) is 0 Å². The first-order chi connectivity index (χ1) is 9.27. The maximum absolute atomic E-state index is 14.0. The van der Waals surface area contributed by atoms with Crippen LogP contribution in [0.5, 0.6) is 0 Å². The molecule has 0 saturated heterocycles. The van der Waals surface area contributed by atoms with E-state index in [9.17, 15) is 8.78 Å². The third-order valence-corrected chi connectivity index (χ3v) is 3.04. The van der Waals surface area contributed by atoms with Gasteiger partial charge in [0, 0.05) is 23.7 Å². The van der Waals surface area contributed by atoms with E-state index in [4.69, 9.17) is 0 Å². The van der Waals surface area contributed by atoms with Crippen molar-refractivity contribution >= 4 is 0 Å². The monoisotopic (exact) mass is 259 g/mol. The van der Waals surface area contributed by atoms with Gasteiger partial charge in [-0.2, -0.15) is 0 Å². The summed E-state index contributed by atoms with van der Waals surface area (Å²) in [7, 11) is 0. The molecule has 1 unspecified atom stereocenters. The third kappa shape index (κ3) is 2.03. The van der Waals surface area contributed by atoms with Gasteiger partial charge in [0.2, 0.25) is 0 Å². The SMILES string of the molecule is Fc1cccc(C(c2c[nH]cn2)c2ccc[nH]2)c1F. The second-order valence-electron chi connectivity index (χ2n) is 4.20. The van der Waals surface area contributed by atoms with Crippen LogP contribution in [0, 0.1) is 11.6 Å². The van der Waals surface area contributed by atoms with E-state index < -0.39 is 17.6 Å². The quantitative estimate of drug-likeness (QED) is 0.745. The summed E-state index contributed by atoms with van der Waals surface area (Å²) < 4.78 is 27.4. The van der Waals surface area contributed by atoms with Gasteiger partial charge in [-0.1, -0.05) is 12.1 Å². The van der Waals surface area contributed by atoms with Crippen molar-refractivity contribution in [2.24, 2.45) is 0 Å². The highest BCUT2D eigenvalue weighted by Gasteiger charge is 2.24. The Morgan fingerprint density at radius 2 is 2.00 bits per heavy atom. The smallest absolute Gasteiger partial charge is 0.163 e. The number of rotatable bonds is 3. The van der Waals surface area contributed by atoms with E-state index in [1.54, 1.807) is 18.5 Å². The normalized spacial score (nSPS) is 12.5. The van der Waals surface area contributed by atoms with Crippen molar-refractivity contribution in [3.63, 3.8) is 0 Å². The summed E-state index contributed by atoms with van der Waals surface area (Å²) in [5.41, 5.74) is 1.65. The molecule has 0 bridgehead atoms. The van der Waals surface area contributed by atoms with Gasteiger partial charge in [0.1, 0.15) is 0 Å². The molecule has 1 aromatic carbocycles. The van der Waals surface area contributed by atoms with Gasteiger partial charge in [-0.3, -0.25) is 0 Å². The van der Waals surface area contributed by atoms with Gasteiger partial charge in [0.25, 0.3) is 0 Å². The number of hydrogen-bond donors (Lipinski definition) is 2. The largest absolute Gasteiger partial charge is 0.364 e. The molecule has 2 N–H and O–H groups in total. The molecule has 0 radical (unpaired) electrons. The molecule has 2 aromatic heterocycles. The van der Waals surface area contributed by atoms with Gasteiger partial charge in [-0.25, -0.2) is 13.8 Å². The lowest BCUT2D eigenvalue weighted by atomic mass is 9.92. The topological polar surface area (TPSA) is 44.5 Å². The van der Waals surface area contributed by atoms with Crippen molar-refractivity contribution < 1.29 is 8.78 Å². The van der Waals surface area contributed by atoms with Gasteiger partial charge in [0.15, 0.2) is 11.6 Å². The zero-order valence-electron chi connectivity index (χ0n) is 9.90. The molecule has 0 amide bonds. The molecule has 3 nitrogen and oxygen atoms in total. The van der Waals surface area contributed by atoms with Crippen molar-refractivity contribution in [1.82, 2.24) is 15.0 Å². The predicted molar refractivity (Wildman–Crippen MR) is 66.7 cm³/mol. The molecule has 3 aromatic rings. The molecule has 2 heterocycles. The predicted octanol–water partition coefficient (Wildman–Crippen LogP) is 3.20. The molecule has 0 spiro atoms. The first kappa shape index (κ1) is 11.6. The van der Waals surface area contributed by atoms with Crippen LogP contribution in [0.3, 0.4) is 0 Å². The Morgan fingerprint density at radius 3 is 2.68 bits per heavy atom. The minimum atomic E-state index is -0.857. The number of H-pyrrole nitrogens is 2. The Kier molecular flexibility index (Phi) is 2.87. The highest BCUT2D eigenvalue weighted by molar-refractivity contribution is 5.38. The van der Waals surface area contributed by atoms with E-state index in [1.165, 1.54) is 12.4 Å². The molecule has 3 rings (SSSR count). The van der Waals surface area contributed by atoms with Crippen molar-refractivity contribution in [3.8, 4) is 0 Å². The molecule has 0 fully saturated rings. The van der Waals surface area contributed by atoms with E-state index in [2.05, 4.69) is 15.0 Å². The Balaban J connectivity index is 2.18. The van der Waals surface area contributed by atoms with Crippen LogP contribution in [0.4, 0.5) is 8.78 Å². The number of benzene rings is 1. The number of halogens is 2. The van der Waals surface area contributed by atoms with Gasteiger partial charge < -0.3 is 9.97 Å². The standard InChI is InChI=1S/C14H11F2N3/c15-10-4-1-3-9(14(10)16)13(11-5-2-6-18-11)12-7-17-8-19-12/h1-8,13,18H,(H,17,19). The summed E-state index contributed by atoms with van der Waals surface area (Å²) in [6.07, 6.45) is 4.94. The summed E-state index contributed by atoms with van der Waals surface area (Å²) in [6.45, 7) is 0. The Hall–Kier alpha value is -2.43. The summed E-state index contributed by atoms with van der Waals surface area (Å²) in [4.78, 5) is 10.0. The van der Waals surface area contributed by atoms with E-state index in [-0.39, 0.29) is 5.56 Å². The van der Waals surface area contributed by atoms with E-state index in [0.717, 1.165) is 11.8 Å². The summed E-state index contributed by atoms with van der Waals surface area (Å²) in [5, 5.41) is 0. The molecule has 0 aliphatic carbocycles. The van der Waals surface area contributed by atoms with Gasteiger partial charge in [0.05, 0.1) is 17.9 Å². The fourth-order valence-corrected chi connectivity index (χ4v) is 2.18. The van der Waals surface area contributed by atoms with Crippen molar-refractivity contribution in [2.45, 2.75) is 5.92 Å². The maximum Gasteiger partial charge on any atom is 0.163 e. The van der Waals surface area contributed by atoms with Crippen LogP contribution < -0.4 is 0 Å². The lowest BCUT2D eigenvalue weighted by molar-refractivity contribution is 0.496. The lowest BCUT2D eigenvalue weighted by Crippen LogP contribution is -2.07. The maximum atomic E-state index is 14.0. The highest BCUT2D eigenvalue weighted by atomic mass is 19.2. The lowest BCUT2D eigenvalue weighted by Gasteiger charge is -2.15. The van der Waals surface area contributed by atoms with E-state index in [0.29, 0.717) is 5.69 Å². The number of imidazole rings is 1. The van der Waals surface area contributed by atoms with Crippen molar-refractivity contribution in [3.05, 3.63) is 77.6 Å². The zero-order valence-corrected chi connectivity index (χ0v) is 9.90. The van der Waals surface area contributed by atoms with Crippen LogP contribution in [0.15, 0.2) is 49.1 Å². The fourth-order valence-electron chi connectivity index (χ4n) is 2.18. The van der Waals surface area contributed by atoms with Gasteiger partial charge >= 0.3 is 0 Å². The average Bonchev–Trinajstić information content (AvgIpc) is 3.08. The highest BCUT2D eigenvalue weighted by Crippen LogP contribution is 2.31. The Bertz CT molecular complexity index is 626. The first-order valence-electron chi connectivity index (χ1n) is 5.83. The van der Waals surface area contributed by atoms with Gasteiger partial charge in [-0.05, 0) is 18.2 Å². The number of aromatic nitrogens is 3. The molecule has 96 valence electrons. The number of hydrogen-bond acceptors (Lipinski definition) is 1. The molecular weight excluding hydrogens is 248 g/mol. The number of nitrogens with one attached hydrogen (secondary N) is 2. The average molecular weight is 259 g/mol. The van der Waals surface area contributed by atoms with Crippen LogP contribution in [0.1, 0.15) is 22.9 Å². The third-order valence-electron chi connectivity index (χ3n) is 3.04. The van der Waals surface area contributed by atoms with Crippen LogP contribution in [-0.4, -0.2) is 15.0 Å². The minimum absolute atomic E-state index is 0.259. The summed E-state index contributed by atoms with van der Waals surface area (Å²) >= 11 is 0. The molecule has 0 saturated carbocycles. The van der Waals surface area contributed by atoms with Crippen LogP contribution in [0.25, 0.3) is 0 Å². The van der Waals surface area contributed by atoms with Crippen LogP contribution in [0.2, 0.25) is 0 Å². The second-order valence-corrected chi connectivity index (χ2v) is 4.20.